The normalized spacial score (nSPS) is 4.89. The zero-order valence-electron chi connectivity index (χ0n) is 4.53. The molecule has 0 aromatic heterocycles. The average molecular weight is 144 g/mol. The van der Waals surface area contributed by atoms with Gasteiger partial charge in [-0.2, -0.15) is 0 Å². The highest BCUT2D eigenvalue weighted by Crippen LogP contribution is 1.96. The minimum absolute atomic E-state index is 0.456. The Balaban J connectivity index is 0. The zero-order valence-corrected chi connectivity index (χ0v) is 5.35. The molecule has 0 saturated carbocycles. The molecule has 0 aliphatic rings. The van der Waals surface area contributed by atoms with Gasteiger partial charge in [0.15, 0.2) is 0 Å². The molecule has 0 saturated heterocycles. The summed E-state index contributed by atoms with van der Waals surface area (Å²) < 4.78 is 5.69. The van der Waals surface area contributed by atoms with E-state index in [1.807, 2.05) is 0 Å². The molecule has 0 atom stereocenters. The summed E-state index contributed by atoms with van der Waals surface area (Å²) in [5.41, 5.74) is 0. The molecule has 0 unspecified atom stereocenters. The lowest BCUT2D eigenvalue weighted by molar-refractivity contribution is 0.566. The Bertz CT molecular complexity index is 131. The smallest absolute Gasteiger partial charge is 0.210 e. The first kappa shape index (κ1) is 10.8. The van der Waals surface area contributed by atoms with Crippen molar-refractivity contribution in [3.63, 3.8) is 0 Å². The van der Waals surface area contributed by atoms with Crippen molar-refractivity contribution in [2.45, 2.75) is 0 Å². The molecule has 0 spiro atoms. The van der Waals surface area contributed by atoms with E-state index in [2.05, 4.69) is 22.0 Å². The Kier molecular flexibility index (Phi) is 18.9. The topological polar surface area (TPSA) is 58.9 Å². The number of hydrogen-bond donors (Lipinski definition) is 0. The Morgan fingerprint density at radius 1 is 1.11 bits per heavy atom. The van der Waals surface area contributed by atoms with Crippen LogP contribution in [0.5, 0.6) is 0 Å². The number of rotatable bonds is 2. The summed E-state index contributed by atoms with van der Waals surface area (Å²) in [4.78, 5) is 18.4. The third-order valence-electron chi connectivity index (χ3n) is 0.156. The Hall–Kier alpha value is -1.15. The molecule has 0 bridgehead atoms. The van der Waals surface area contributed by atoms with Crippen LogP contribution >= 0.6 is 12.1 Å². The van der Waals surface area contributed by atoms with Gasteiger partial charge in [0.2, 0.25) is 12.2 Å². The molecule has 0 aromatic carbocycles. The fraction of sp³-hybridized carbons (Fsp3) is 0. The van der Waals surface area contributed by atoms with E-state index in [-0.39, 0.29) is 0 Å². The van der Waals surface area contributed by atoms with Crippen molar-refractivity contribution in [1.29, 1.82) is 0 Å². The summed E-state index contributed by atoms with van der Waals surface area (Å²) in [5.74, 6) is 0. The Labute approximate surface area is 56.7 Å². The number of hydrogen-bond acceptors (Lipinski definition) is 5. The number of nitrogens with zero attached hydrogens (tertiary/aromatic N) is 2. The molecule has 0 N–H and O–H groups in total. The second kappa shape index (κ2) is 15.8. The molecule has 0 aliphatic carbocycles. The lowest BCUT2D eigenvalue weighted by atomic mass is 11.3. The molecular weight excluding hydrogens is 140 g/mol. The average Bonchev–Trinajstić information content (AvgIpc) is 1.94. The molecule has 4 nitrogen and oxygen atoms in total. The van der Waals surface area contributed by atoms with Crippen LogP contribution in [0.25, 0.3) is 0 Å². The minimum atomic E-state index is 0.456. The van der Waals surface area contributed by atoms with Crippen molar-refractivity contribution in [3.05, 3.63) is 13.2 Å². The van der Waals surface area contributed by atoms with Crippen molar-refractivity contribution in [1.82, 2.24) is 0 Å². The van der Waals surface area contributed by atoms with E-state index in [1.165, 1.54) is 12.2 Å². The maximum absolute atomic E-state index is 9.18. The van der Waals surface area contributed by atoms with Gasteiger partial charge in [0.25, 0.3) is 0 Å². The van der Waals surface area contributed by atoms with Crippen LogP contribution in [-0.2, 0) is 9.59 Å². The lowest BCUT2D eigenvalue weighted by Gasteiger charge is -1.60. The van der Waals surface area contributed by atoms with Crippen LogP contribution in [0, 0.1) is 0 Å². The van der Waals surface area contributed by atoms with Crippen LogP contribution < -0.4 is 0 Å². The predicted octanol–water partition coefficient (Wildman–Crippen LogP) is 1.02. The second-order valence-electron chi connectivity index (χ2n) is 0.447. The van der Waals surface area contributed by atoms with Gasteiger partial charge >= 0.3 is 0 Å². The number of carbonyl (C=O) groups excluding carboxylic acids is 2. The molecular formula is C4H4N2O2S. The maximum atomic E-state index is 9.18. The van der Waals surface area contributed by atoms with E-state index in [0.29, 0.717) is 12.1 Å². The summed E-state index contributed by atoms with van der Waals surface area (Å²) in [6.45, 7) is 6.00. The Morgan fingerprint density at radius 2 is 1.44 bits per heavy atom. The Morgan fingerprint density at radius 3 is 1.67 bits per heavy atom. The minimum Gasteiger partial charge on any atom is -0.210 e. The van der Waals surface area contributed by atoms with Crippen LogP contribution in [0.15, 0.2) is 22.0 Å². The second-order valence-corrected chi connectivity index (χ2v) is 0.975. The van der Waals surface area contributed by atoms with Crippen molar-refractivity contribution in [2.24, 2.45) is 8.80 Å². The van der Waals surface area contributed by atoms with E-state index in [1.54, 1.807) is 0 Å². The molecule has 0 radical (unpaired) electrons. The fourth-order valence-electron chi connectivity index (χ4n) is 0.0537. The van der Waals surface area contributed by atoms with Crippen LogP contribution in [-0.4, -0.2) is 12.2 Å². The van der Waals surface area contributed by atoms with Crippen molar-refractivity contribution < 1.29 is 9.59 Å². The molecule has 0 aromatic rings. The SMILES string of the molecule is C=C.O=C=NSN=C=O. The van der Waals surface area contributed by atoms with Gasteiger partial charge in [0, 0.05) is 0 Å². The van der Waals surface area contributed by atoms with Gasteiger partial charge in [-0.1, -0.05) is 0 Å². The van der Waals surface area contributed by atoms with E-state index in [9.17, 15) is 9.59 Å². The summed E-state index contributed by atoms with van der Waals surface area (Å²) in [6, 6.07) is 0. The van der Waals surface area contributed by atoms with E-state index >= 15 is 0 Å². The van der Waals surface area contributed by atoms with Gasteiger partial charge in [-0.05, 0) is 0 Å². The molecule has 0 aliphatic heterocycles. The van der Waals surface area contributed by atoms with Gasteiger partial charge in [-0.15, -0.1) is 22.0 Å². The zero-order chi connectivity index (χ0) is 7.54. The third kappa shape index (κ3) is 19.8. The van der Waals surface area contributed by atoms with E-state index in [4.69, 9.17) is 0 Å². The highest BCUT2D eigenvalue weighted by atomic mass is 32.2. The third-order valence-corrected chi connectivity index (χ3v) is 0.469. The molecule has 0 heterocycles. The van der Waals surface area contributed by atoms with E-state index < -0.39 is 0 Å². The monoisotopic (exact) mass is 144 g/mol. The van der Waals surface area contributed by atoms with Crippen LogP contribution in [0.3, 0.4) is 0 Å². The van der Waals surface area contributed by atoms with Gasteiger partial charge in [-0.25, -0.2) is 9.59 Å². The summed E-state index contributed by atoms with van der Waals surface area (Å²) in [5, 5.41) is 0. The van der Waals surface area contributed by atoms with E-state index in [0.717, 1.165) is 0 Å². The largest absolute Gasteiger partial charge is 0.249 e. The van der Waals surface area contributed by atoms with Crippen LogP contribution in [0.2, 0.25) is 0 Å². The molecule has 9 heavy (non-hydrogen) atoms. The van der Waals surface area contributed by atoms with Crippen LogP contribution in [0.4, 0.5) is 0 Å². The van der Waals surface area contributed by atoms with Crippen molar-refractivity contribution >= 4 is 24.3 Å². The van der Waals surface area contributed by atoms with Gasteiger partial charge in [0.05, 0.1) is 0 Å². The molecule has 0 rings (SSSR count). The fourth-order valence-corrected chi connectivity index (χ4v) is 0.161. The quantitative estimate of drug-likeness (QED) is 0.251. The van der Waals surface area contributed by atoms with Gasteiger partial charge < -0.3 is 0 Å². The van der Waals surface area contributed by atoms with Gasteiger partial charge in [0.1, 0.15) is 12.1 Å². The highest BCUT2D eigenvalue weighted by molar-refractivity contribution is 7.96. The molecule has 48 valence electrons. The first-order valence-electron chi connectivity index (χ1n) is 1.72. The first-order chi connectivity index (χ1) is 4.41. The molecule has 5 heteroatoms. The van der Waals surface area contributed by atoms with Crippen molar-refractivity contribution in [2.75, 3.05) is 0 Å². The summed E-state index contributed by atoms with van der Waals surface area (Å²) in [7, 11) is 0. The summed E-state index contributed by atoms with van der Waals surface area (Å²) >= 11 is 0.456. The van der Waals surface area contributed by atoms with Crippen LogP contribution in [0.1, 0.15) is 0 Å². The molecule has 0 fully saturated rings. The van der Waals surface area contributed by atoms with Crippen molar-refractivity contribution in [3.8, 4) is 0 Å². The highest BCUT2D eigenvalue weighted by Gasteiger charge is 1.66. The van der Waals surface area contributed by atoms with Gasteiger partial charge in [-0.3, -0.25) is 0 Å². The first-order valence-corrected chi connectivity index (χ1v) is 2.45. The summed E-state index contributed by atoms with van der Waals surface area (Å²) in [6.07, 6.45) is 2.34. The lowest BCUT2D eigenvalue weighted by Crippen LogP contribution is -1.43. The molecule has 0 amide bonds. The maximum Gasteiger partial charge on any atom is 0.249 e. The number of isocyanates is 2. The standard InChI is InChI=1S/C2N2O2S.C2H4/c5-1-3-7-4-2-6;1-2/h;1-2H2. The predicted molar refractivity (Wildman–Crippen MR) is 35.1 cm³/mol.